The van der Waals surface area contributed by atoms with Crippen molar-refractivity contribution in [1.29, 1.82) is 0 Å². The van der Waals surface area contributed by atoms with Gasteiger partial charge in [0.2, 0.25) is 0 Å². The lowest BCUT2D eigenvalue weighted by Gasteiger charge is -2.10. The zero-order valence-corrected chi connectivity index (χ0v) is 18.8. The van der Waals surface area contributed by atoms with Gasteiger partial charge in [-0.05, 0) is 34.7 Å². The Balaban J connectivity index is 1.58. The normalized spacial score (nSPS) is 11.1. The Labute approximate surface area is 192 Å². The Morgan fingerprint density at radius 3 is 2.24 bits per heavy atom. The van der Waals surface area contributed by atoms with Gasteiger partial charge in [0.1, 0.15) is 5.82 Å². The molecule has 0 aliphatic carbocycles. The number of aryl methyl sites for hydroxylation is 2. The van der Waals surface area contributed by atoms with Crippen molar-refractivity contribution < 1.29 is 9.90 Å². The number of rotatable bonds is 8. The molecule has 4 rings (SSSR count). The van der Waals surface area contributed by atoms with Gasteiger partial charge in [-0.25, -0.2) is 14.3 Å². The van der Waals surface area contributed by atoms with Crippen LogP contribution >= 0.6 is 0 Å². The lowest BCUT2D eigenvalue weighted by Crippen LogP contribution is -2.26. The second-order valence-corrected chi connectivity index (χ2v) is 8.39. The van der Waals surface area contributed by atoms with Crippen LogP contribution in [0.4, 0.5) is 0 Å². The van der Waals surface area contributed by atoms with Crippen molar-refractivity contribution in [3.63, 3.8) is 0 Å². The molecule has 0 saturated carbocycles. The van der Waals surface area contributed by atoms with Crippen LogP contribution in [0.5, 0.6) is 0 Å². The number of nitrogens with zero attached hydrogens (tertiary/aromatic N) is 3. The molecular weight excluding hydrogens is 414 g/mol. The Morgan fingerprint density at radius 2 is 1.58 bits per heavy atom. The van der Waals surface area contributed by atoms with E-state index in [-0.39, 0.29) is 17.2 Å². The molecule has 0 unspecified atom stereocenters. The highest BCUT2D eigenvalue weighted by Crippen LogP contribution is 2.24. The van der Waals surface area contributed by atoms with Crippen LogP contribution in [0.25, 0.3) is 11.1 Å². The van der Waals surface area contributed by atoms with E-state index in [0.29, 0.717) is 18.7 Å². The molecule has 0 aliphatic heterocycles. The first kappa shape index (κ1) is 22.3. The molecular formula is C27H27N3O3. The summed E-state index contributed by atoms with van der Waals surface area (Å²) >= 11 is 0. The van der Waals surface area contributed by atoms with Crippen LogP contribution in [0.15, 0.2) is 83.7 Å². The Bertz CT molecular complexity index is 1300. The molecule has 33 heavy (non-hydrogen) atoms. The molecule has 0 atom stereocenters. The molecule has 1 aromatic heterocycles. The predicted molar refractivity (Wildman–Crippen MR) is 129 cm³/mol. The first-order valence-electron chi connectivity index (χ1n) is 11.1. The summed E-state index contributed by atoms with van der Waals surface area (Å²) in [4.78, 5) is 24.7. The van der Waals surface area contributed by atoms with Gasteiger partial charge in [-0.1, -0.05) is 86.6 Å². The minimum Gasteiger partial charge on any atom is -0.478 e. The number of aromatic carboxylic acids is 1. The first-order valence-corrected chi connectivity index (χ1v) is 11.1. The summed E-state index contributed by atoms with van der Waals surface area (Å²) in [5.41, 5.74) is 3.77. The summed E-state index contributed by atoms with van der Waals surface area (Å²) in [5.74, 6) is -0.0866. The summed E-state index contributed by atoms with van der Waals surface area (Å²) < 4.78 is 3.29. The Morgan fingerprint density at radius 1 is 0.909 bits per heavy atom. The number of carboxylic acids is 1. The van der Waals surface area contributed by atoms with Crippen molar-refractivity contribution in [1.82, 2.24) is 14.3 Å². The summed E-state index contributed by atoms with van der Waals surface area (Å²) in [7, 11) is 0. The van der Waals surface area contributed by atoms with E-state index in [1.165, 1.54) is 5.56 Å². The molecule has 0 amide bonds. The quantitative estimate of drug-likeness (QED) is 0.425. The maximum Gasteiger partial charge on any atom is 0.346 e. The number of aromatic nitrogens is 3. The van der Waals surface area contributed by atoms with E-state index in [9.17, 15) is 14.7 Å². The van der Waals surface area contributed by atoms with E-state index in [0.717, 1.165) is 23.4 Å². The fourth-order valence-electron chi connectivity index (χ4n) is 3.95. The van der Waals surface area contributed by atoms with Crippen molar-refractivity contribution in [3.8, 4) is 11.1 Å². The maximum atomic E-state index is 13.1. The van der Waals surface area contributed by atoms with Gasteiger partial charge in [0, 0.05) is 5.92 Å². The molecule has 0 bridgehead atoms. The zero-order valence-electron chi connectivity index (χ0n) is 18.8. The molecule has 0 fully saturated rings. The monoisotopic (exact) mass is 441 g/mol. The molecule has 6 heteroatoms. The first-order chi connectivity index (χ1) is 15.9. The standard InChI is InChI=1S/C27H27N3O3/c1-19(2)25-28-30(17-16-20-8-4-3-5-9-20)27(33)29(25)18-21-12-14-22(15-13-21)23-10-6-7-11-24(23)26(31)32/h3-15,19H,16-18H2,1-2H3,(H,31,32). The summed E-state index contributed by atoms with van der Waals surface area (Å²) in [6.07, 6.45) is 0.743. The highest BCUT2D eigenvalue weighted by atomic mass is 16.4. The number of carbonyl (C=O) groups is 1. The number of benzene rings is 3. The lowest BCUT2D eigenvalue weighted by molar-refractivity contribution is 0.0697. The summed E-state index contributed by atoms with van der Waals surface area (Å²) in [6.45, 7) is 5.01. The minimum atomic E-state index is -0.953. The van der Waals surface area contributed by atoms with Crippen LogP contribution in [0, 0.1) is 0 Å². The van der Waals surface area contributed by atoms with Crippen molar-refractivity contribution in [2.75, 3.05) is 0 Å². The highest BCUT2D eigenvalue weighted by Gasteiger charge is 2.17. The van der Waals surface area contributed by atoms with Gasteiger partial charge in [-0.15, -0.1) is 0 Å². The van der Waals surface area contributed by atoms with Crippen LogP contribution in [0.1, 0.15) is 47.1 Å². The van der Waals surface area contributed by atoms with Gasteiger partial charge < -0.3 is 5.11 Å². The lowest BCUT2D eigenvalue weighted by atomic mass is 9.99. The van der Waals surface area contributed by atoms with Crippen molar-refractivity contribution in [2.24, 2.45) is 0 Å². The van der Waals surface area contributed by atoms with Crippen LogP contribution in [-0.2, 0) is 19.5 Å². The summed E-state index contributed by atoms with van der Waals surface area (Å²) in [5, 5.41) is 14.1. The van der Waals surface area contributed by atoms with E-state index in [1.807, 2.05) is 62.4 Å². The van der Waals surface area contributed by atoms with E-state index < -0.39 is 5.97 Å². The minimum absolute atomic E-state index is 0.109. The van der Waals surface area contributed by atoms with Gasteiger partial charge in [0.25, 0.3) is 0 Å². The van der Waals surface area contributed by atoms with Gasteiger partial charge in [0.15, 0.2) is 0 Å². The highest BCUT2D eigenvalue weighted by molar-refractivity contribution is 5.95. The van der Waals surface area contributed by atoms with E-state index in [4.69, 9.17) is 0 Å². The van der Waals surface area contributed by atoms with Crippen molar-refractivity contribution in [3.05, 3.63) is 112 Å². The van der Waals surface area contributed by atoms with Crippen LogP contribution < -0.4 is 5.69 Å². The van der Waals surface area contributed by atoms with Crippen LogP contribution in [-0.4, -0.2) is 25.4 Å². The Hall–Kier alpha value is -3.93. The average molecular weight is 442 g/mol. The van der Waals surface area contributed by atoms with Gasteiger partial charge in [-0.2, -0.15) is 5.10 Å². The van der Waals surface area contributed by atoms with Gasteiger partial charge in [0.05, 0.1) is 18.7 Å². The molecule has 4 aromatic rings. The molecule has 0 saturated heterocycles. The second-order valence-electron chi connectivity index (χ2n) is 8.39. The van der Waals surface area contributed by atoms with Gasteiger partial charge >= 0.3 is 11.7 Å². The van der Waals surface area contributed by atoms with Crippen LogP contribution in [0.3, 0.4) is 0 Å². The summed E-state index contributed by atoms with van der Waals surface area (Å²) in [6, 6.07) is 24.7. The van der Waals surface area contributed by atoms with Crippen LogP contribution in [0.2, 0.25) is 0 Å². The maximum absolute atomic E-state index is 13.1. The van der Waals surface area contributed by atoms with E-state index in [1.54, 1.807) is 27.4 Å². The second kappa shape index (κ2) is 9.69. The third kappa shape index (κ3) is 4.95. The molecule has 168 valence electrons. The number of hydrogen-bond donors (Lipinski definition) is 1. The van der Waals surface area contributed by atoms with Crippen molar-refractivity contribution >= 4 is 5.97 Å². The molecule has 0 aliphatic rings. The Kier molecular flexibility index (Phi) is 6.54. The predicted octanol–water partition coefficient (Wildman–Crippen LogP) is 4.82. The molecule has 6 nitrogen and oxygen atoms in total. The number of carboxylic acid groups (broad SMARTS) is 1. The number of hydrogen-bond acceptors (Lipinski definition) is 3. The molecule has 0 spiro atoms. The SMILES string of the molecule is CC(C)c1nn(CCc2ccccc2)c(=O)n1Cc1ccc(-c2ccccc2C(=O)O)cc1. The third-order valence-corrected chi connectivity index (χ3v) is 5.69. The zero-order chi connectivity index (χ0) is 23.4. The smallest absolute Gasteiger partial charge is 0.346 e. The fourth-order valence-corrected chi connectivity index (χ4v) is 3.95. The van der Waals surface area contributed by atoms with Gasteiger partial charge in [-0.3, -0.25) is 4.57 Å². The third-order valence-electron chi connectivity index (χ3n) is 5.69. The van der Waals surface area contributed by atoms with E-state index in [2.05, 4.69) is 17.2 Å². The topological polar surface area (TPSA) is 77.1 Å². The molecule has 0 radical (unpaired) electrons. The molecule has 1 heterocycles. The molecule has 3 aromatic carbocycles. The fraction of sp³-hybridized carbons (Fsp3) is 0.222. The van der Waals surface area contributed by atoms with E-state index >= 15 is 0 Å². The largest absolute Gasteiger partial charge is 0.478 e. The average Bonchev–Trinajstić information content (AvgIpc) is 3.14. The molecule has 1 N–H and O–H groups in total. The van der Waals surface area contributed by atoms with Crippen molar-refractivity contribution in [2.45, 2.75) is 39.3 Å².